The van der Waals surface area contributed by atoms with Crippen LogP contribution >= 0.6 is 0 Å². The van der Waals surface area contributed by atoms with Gasteiger partial charge in [-0.1, -0.05) is 12.2 Å². The molecule has 0 amide bonds. The van der Waals surface area contributed by atoms with Gasteiger partial charge in [0.25, 0.3) is 0 Å². The highest BCUT2D eigenvalue weighted by atomic mass is 15.2. The number of nitrogens with zero attached hydrogens (tertiary/aromatic N) is 2. The summed E-state index contributed by atoms with van der Waals surface area (Å²) in [5.74, 6) is 0.914. The highest BCUT2D eigenvalue weighted by molar-refractivity contribution is 5.45. The summed E-state index contributed by atoms with van der Waals surface area (Å²) in [6.07, 6.45) is 6.92. The minimum absolute atomic E-state index is 0.853. The molecule has 3 nitrogen and oxygen atoms in total. The predicted octanol–water partition coefficient (Wildman–Crippen LogP) is 1.00. The lowest BCUT2D eigenvalue weighted by atomic mass is 10.2. The van der Waals surface area contributed by atoms with E-state index in [2.05, 4.69) is 27.7 Å². The van der Waals surface area contributed by atoms with Crippen molar-refractivity contribution in [3.8, 4) is 0 Å². The van der Waals surface area contributed by atoms with E-state index in [1.807, 2.05) is 6.07 Å². The van der Waals surface area contributed by atoms with Crippen molar-refractivity contribution in [2.75, 3.05) is 11.9 Å². The Hall–Kier alpha value is -1.38. The van der Waals surface area contributed by atoms with Gasteiger partial charge in [-0.2, -0.15) is 5.10 Å². The second-order valence-corrected chi connectivity index (χ2v) is 2.46. The second-order valence-electron chi connectivity index (χ2n) is 2.46. The first-order chi connectivity index (χ1) is 5.47. The van der Waals surface area contributed by atoms with Crippen LogP contribution in [0.15, 0.2) is 24.4 Å². The quantitative estimate of drug-likeness (QED) is 0.556. The Morgan fingerprint density at radius 3 is 3.36 bits per heavy atom. The zero-order chi connectivity index (χ0) is 7.52. The fourth-order valence-corrected chi connectivity index (χ4v) is 1.12. The van der Waals surface area contributed by atoms with Gasteiger partial charge >= 0.3 is 0 Å². The van der Waals surface area contributed by atoms with Gasteiger partial charge in [0, 0.05) is 12.1 Å². The van der Waals surface area contributed by atoms with Gasteiger partial charge in [0.05, 0.1) is 6.20 Å². The fraction of sp³-hybridized carbons (Fsp3) is 0.250. The van der Waals surface area contributed by atoms with Crippen LogP contribution in [0.25, 0.3) is 0 Å². The molecule has 0 atom stereocenters. The molecular formula is C8H9N3. The van der Waals surface area contributed by atoms with Crippen LogP contribution in [0.3, 0.4) is 0 Å². The second kappa shape index (κ2) is 2.70. The Kier molecular flexibility index (Phi) is 1.55. The van der Waals surface area contributed by atoms with Gasteiger partial charge in [0.15, 0.2) is 5.82 Å². The topological polar surface area (TPSA) is 37.8 Å². The van der Waals surface area contributed by atoms with Crippen molar-refractivity contribution in [1.82, 2.24) is 10.2 Å². The molecule has 0 unspecified atom stereocenters. The Morgan fingerprint density at radius 2 is 2.36 bits per heavy atom. The molecule has 3 heteroatoms. The third-order valence-electron chi connectivity index (χ3n) is 1.70. The Labute approximate surface area is 65.2 Å². The number of hydrogen-bond donors (Lipinski definition) is 1. The largest absolute Gasteiger partial charge is 0.365 e. The monoisotopic (exact) mass is 147 g/mol. The molecule has 0 saturated carbocycles. The molecule has 0 bridgehead atoms. The number of rotatable bonds is 0. The fourth-order valence-electron chi connectivity index (χ4n) is 1.12. The Balaban J connectivity index is 2.40. The van der Waals surface area contributed by atoms with Crippen molar-refractivity contribution < 1.29 is 0 Å². The van der Waals surface area contributed by atoms with Crippen molar-refractivity contribution in [1.29, 1.82) is 0 Å². The molecule has 1 aliphatic heterocycles. The molecule has 56 valence electrons. The summed E-state index contributed by atoms with van der Waals surface area (Å²) in [5.41, 5.74) is 1.22. The summed E-state index contributed by atoms with van der Waals surface area (Å²) in [6, 6.07) is 1.99. The van der Waals surface area contributed by atoms with Gasteiger partial charge in [0.1, 0.15) is 0 Å². The molecule has 1 aromatic heterocycles. The summed E-state index contributed by atoms with van der Waals surface area (Å²) in [5, 5.41) is 10.9. The molecule has 0 aliphatic carbocycles. The number of anilines is 1. The van der Waals surface area contributed by atoms with Crippen molar-refractivity contribution in [3.05, 3.63) is 30.0 Å². The normalized spacial score (nSPS) is 14.9. The summed E-state index contributed by atoms with van der Waals surface area (Å²) < 4.78 is 0. The van der Waals surface area contributed by atoms with Crippen LogP contribution < -0.4 is 5.32 Å². The van der Waals surface area contributed by atoms with E-state index < -0.39 is 0 Å². The first kappa shape index (κ1) is 6.34. The van der Waals surface area contributed by atoms with Gasteiger partial charge in [-0.25, -0.2) is 0 Å². The maximum Gasteiger partial charge on any atom is 0.152 e. The summed E-state index contributed by atoms with van der Waals surface area (Å²) in [4.78, 5) is 0. The predicted molar refractivity (Wildman–Crippen MR) is 43.4 cm³/mol. The zero-order valence-electron chi connectivity index (χ0n) is 6.12. The first-order valence-corrected chi connectivity index (χ1v) is 3.66. The summed E-state index contributed by atoms with van der Waals surface area (Å²) in [7, 11) is 0. The number of aromatic nitrogens is 2. The highest BCUT2D eigenvalue weighted by Crippen LogP contribution is 2.12. The van der Waals surface area contributed by atoms with Gasteiger partial charge in [0.2, 0.25) is 0 Å². The Bertz CT molecular complexity index is 280. The molecule has 0 radical (unpaired) electrons. The average molecular weight is 147 g/mol. The molecule has 1 N–H and O–H groups in total. The van der Waals surface area contributed by atoms with Crippen molar-refractivity contribution in [3.63, 3.8) is 0 Å². The zero-order valence-corrected chi connectivity index (χ0v) is 6.12. The first-order valence-electron chi connectivity index (χ1n) is 3.66. The molecule has 1 aliphatic rings. The average Bonchev–Trinajstić information content (AvgIpc) is 2.28. The van der Waals surface area contributed by atoms with E-state index in [1.165, 1.54) is 5.56 Å². The molecule has 0 spiro atoms. The van der Waals surface area contributed by atoms with Gasteiger partial charge in [-0.3, -0.25) is 0 Å². The molecule has 1 aromatic rings. The SMILES string of the molecule is C1=CCc2ccnnc2NC1. The number of nitrogens with one attached hydrogen (secondary N) is 1. The molecule has 11 heavy (non-hydrogen) atoms. The molecule has 2 rings (SSSR count). The maximum atomic E-state index is 3.98. The third-order valence-corrected chi connectivity index (χ3v) is 1.70. The van der Waals surface area contributed by atoms with Gasteiger partial charge in [-0.15, -0.1) is 5.10 Å². The van der Waals surface area contributed by atoms with E-state index >= 15 is 0 Å². The van der Waals surface area contributed by atoms with E-state index in [0.717, 1.165) is 18.8 Å². The molecule has 0 aromatic carbocycles. The van der Waals surface area contributed by atoms with Crippen LogP contribution in [0.5, 0.6) is 0 Å². The lowest BCUT2D eigenvalue weighted by Gasteiger charge is -2.02. The summed E-state index contributed by atoms with van der Waals surface area (Å²) in [6.45, 7) is 0.853. The highest BCUT2D eigenvalue weighted by Gasteiger charge is 2.02. The van der Waals surface area contributed by atoms with E-state index in [9.17, 15) is 0 Å². The van der Waals surface area contributed by atoms with Crippen molar-refractivity contribution in [2.45, 2.75) is 6.42 Å². The lowest BCUT2D eigenvalue weighted by Crippen LogP contribution is -2.02. The van der Waals surface area contributed by atoms with Crippen LogP contribution in [0.2, 0.25) is 0 Å². The van der Waals surface area contributed by atoms with Crippen LogP contribution in [0.4, 0.5) is 5.82 Å². The maximum absolute atomic E-state index is 3.98. The number of hydrogen-bond acceptors (Lipinski definition) is 3. The summed E-state index contributed by atoms with van der Waals surface area (Å²) >= 11 is 0. The van der Waals surface area contributed by atoms with Crippen LogP contribution in [0.1, 0.15) is 5.56 Å². The van der Waals surface area contributed by atoms with Crippen LogP contribution in [0, 0.1) is 0 Å². The van der Waals surface area contributed by atoms with E-state index in [-0.39, 0.29) is 0 Å². The number of allylic oxidation sites excluding steroid dienone is 1. The van der Waals surface area contributed by atoms with Crippen LogP contribution in [-0.4, -0.2) is 16.7 Å². The smallest absolute Gasteiger partial charge is 0.152 e. The van der Waals surface area contributed by atoms with Gasteiger partial charge < -0.3 is 5.32 Å². The molecule has 2 heterocycles. The molecule has 0 saturated heterocycles. The third kappa shape index (κ3) is 1.22. The lowest BCUT2D eigenvalue weighted by molar-refractivity contribution is 1.00. The van der Waals surface area contributed by atoms with E-state index in [1.54, 1.807) is 6.20 Å². The Morgan fingerprint density at radius 1 is 1.36 bits per heavy atom. The van der Waals surface area contributed by atoms with Gasteiger partial charge in [-0.05, 0) is 12.5 Å². The van der Waals surface area contributed by atoms with Crippen LogP contribution in [-0.2, 0) is 6.42 Å². The number of fused-ring (bicyclic) bond motifs is 1. The molecular weight excluding hydrogens is 138 g/mol. The standard InChI is InChI=1S/C8H9N3/c1-2-5-9-8-7(3-1)4-6-10-11-8/h1-2,4,6H,3,5H2,(H,9,11). The minimum atomic E-state index is 0.853. The molecule has 0 fully saturated rings. The van der Waals surface area contributed by atoms with E-state index in [4.69, 9.17) is 0 Å². The van der Waals surface area contributed by atoms with Crippen molar-refractivity contribution >= 4 is 5.82 Å². The minimum Gasteiger partial charge on any atom is -0.365 e. The van der Waals surface area contributed by atoms with Crippen molar-refractivity contribution in [2.24, 2.45) is 0 Å². The van der Waals surface area contributed by atoms with E-state index in [0.29, 0.717) is 0 Å².